The number of carbonyl (C=O) groups is 7. The van der Waals surface area contributed by atoms with E-state index in [1.165, 1.54) is 105 Å². The first-order chi connectivity index (χ1) is 36.1. The summed E-state index contributed by atoms with van der Waals surface area (Å²) in [6.07, 6.45) is 15.1. The minimum atomic E-state index is -1.65. The van der Waals surface area contributed by atoms with E-state index in [2.05, 4.69) is 28.2 Å². The van der Waals surface area contributed by atoms with Gasteiger partial charge in [0, 0.05) is 31.6 Å². The Kier molecular flexibility index (Phi) is 26.6. The molecule has 0 unspecified atom stereocenters. The first-order valence-corrected chi connectivity index (χ1v) is 26.6. The molecule has 6 amide bonds. The van der Waals surface area contributed by atoms with Gasteiger partial charge >= 0.3 is 5.97 Å². The Morgan fingerprint density at radius 2 is 1.33 bits per heavy atom. The number of hydrogen-bond acceptors (Lipinski definition) is 12. The van der Waals surface area contributed by atoms with Gasteiger partial charge in [0.1, 0.15) is 35.7 Å². The van der Waals surface area contributed by atoms with Gasteiger partial charge in [0.25, 0.3) is 5.91 Å². The number of unbranched alkanes of at least 4 members (excludes halogenated alkanes) is 12. The van der Waals surface area contributed by atoms with Crippen molar-refractivity contribution in [1.82, 2.24) is 31.1 Å². The molecule has 4 rings (SSSR count). The van der Waals surface area contributed by atoms with Gasteiger partial charge < -0.3 is 55.7 Å². The summed E-state index contributed by atoms with van der Waals surface area (Å²) in [4.78, 5) is 98.0. The molecule has 1 aliphatic rings. The molecule has 75 heavy (non-hydrogen) atoms. The molecule has 0 spiro atoms. The van der Waals surface area contributed by atoms with Crippen LogP contribution in [0.1, 0.15) is 139 Å². The smallest absolute Gasteiger partial charge is 0.328 e. The van der Waals surface area contributed by atoms with Crippen LogP contribution >= 0.6 is 0 Å². The van der Waals surface area contributed by atoms with Crippen LogP contribution in [0.25, 0.3) is 11.1 Å². The molecular formula is C57H83N7O11. The van der Waals surface area contributed by atoms with E-state index in [-0.39, 0.29) is 32.0 Å². The number of ether oxygens (including phenoxy) is 4. The molecule has 412 valence electrons. The molecule has 1 aliphatic heterocycles. The maximum Gasteiger partial charge on any atom is 0.328 e. The van der Waals surface area contributed by atoms with E-state index in [4.69, 9.17) is 24.7 Å². The van der Waals surface area contributed by atoms with Gasteiger partial charge in [-0.1, -0.05) is 126 Å². The molecule has 0 aliphatic carbocycles. The van der Waals surface area contributed by atoms with Gasteiger partial charge in [-0.05, 0) is 73.6 Å². The monoisotopic (exact) mass is 1040 g/mol. The highest BCUT2D eigenvalue weighted by molar-refractivity contribution is 5.96. The Balaban J connectivity index is 1.45. The second kappa shape index (κ2) is 32.7. The van der Waals surface area contributed by atoms with Crippen molar-refractivity contribution >= 4 is 41.4 Å². The Labute approximate surface area is 443 Å². The first-order valence-electron chi connectivity index (χ1n) is 26.6. The minimum Gasteiger partial charge on any atom is -0.496 e. The summed E-state index contributed by atoms with van der Waals surface area (Å²) < 4.78 is 22.4. The molecular weight excluding hydrogens is 959 g/mol. The third kappa shape index (κ3) is 19.6. The van der Waals surface area contributed by atoms with Crippen LogP contribution in [0.3, 0.4) is 0 Å². The van der Waals surface area contributed by atoms with Crippen molar-refractivity contribution in [2.75, 3.05) is 48.6 Å². The fraction of sp³-hybridized carbons (Fsp3) is 0.561. The Hall–Kier alpha value is -6.53. The van der Waals surface area contributed by atoms with Crippen molar-refractivity contribution in [2.24, 2.45) is 5.73 Å². The summed E-state index contributed by atoms with van der Waals surface area (Å²) in [6.45, 7) is 3.02. The minimum absolute atomic E-state index is 0.174. The van der Waals surface area contributed by atoms with E-state index in [9.17, 15) is 33.6 Å². The number of nitrogens with two attached hydrogens (primary N) is 1. The standard InChI is InChI=1S/C57H83N7O11/c1-8-9-10-11-12-13-14-15-16-17-18-19-23-29-49(65)63(3)46(38-75-37-41-25-21-20-22-26-41)54(68)62-52(58)56(70)59-36-50(66)64(4)51-42-31-33-48(73-6)44(35-42)43-34-40(30-32-47(43)72-5)27-24-28-45(57(71)74-7)61-53(67)39(2)60-55(51)69/h20-22,25-26,30-35,39,45-46,51-52H,8-19,23-24,27-29,36-38,58H2,1-7H3,(H,59,70)(H,60,69)(H,61,67)(H,62,68)/t39-,45-,46+,51-,52-/m0/s1. The van der Waals surface area contributed by atoms with E-state index in [0.29, 0.717) is 47.5 Å². The van der Waals surface area contributed by atoms with Crippen molar-refractivity contribution in [3.8, 4) is 22.6 Å². The molecule has 0 radical (unpaired) electrons. The van der Waals surface area contributed by atoms with Crippen LogP contribution in [0, 0.1) is 0 Å². The number of fused-ring (bicyclic) bond motifs is 5. The highest BCUT2D eigenvalue weighted by atomic mass is 16.5. The van der Waals surface area contributed by atoms with Crippen molar-refractivity contribution in [2.45, 2.75) is 160 Å². The van der Waals surface area contributed by atoms with Crippen molar-refractivity contribution in [3.63, 3.8) is 0 Å². The summed E-state index contributed by atoms with van der Waals surface area (Å²) in [5.74, 6) is -3.73. The molecule has 18 nitrogen and oxygen atoms in total. The second-order valence-corrected chi connectivity index (χ2v) is 19.3. The molecule has 0 saturated heterocycles. The fourth-order valence-electron chi connectivity index (χ4n) is 9.06. The van der Waals surface area contributed by atoms with Crippen molar-refractivity contribution in [3.05, 3.63) is 83.4 Å². The average Bonchev–Trinajstić information content (AvgIpc) is 3.41. The number of carbonyl (C=O) groups excluding carboxylic acids is 7. The molecule has 5 atom stereocenters. The largest absolute Gasteiger partial charge is 0.496 e. The number of esters is 1. The SMILES string of the molecule is CCCCCCCCCCCCCCCC(=O)N(C)[C@H](COCc1ccccc1)C(=O)N[C@H](N)C(=O)NCC(=O)N(C)[C@@H]1C(=O)N[C@@H](C)C(=O)N[C@H](C(=O)OC)CCCc2ccc(OC)c(c2)-c2cc1ccc2OC. The predicted octanol–water partition coefficient (Wildman–Crippen LogP) is 6.41. The molecule has 0 aromatic heterocycles. The van der Waals surface area contributed by atoms with Gasteiger partial charge in [-0.25, -0.2) is 4.79 Å². The second-order valence-electron chi connectivity index (χ2n) is 19.3. The normalized spacial score (nSPS) is 16.6. The first kappa shape index (κ1) is 61.0. The zero-order valence-corrected chi connectivity index (χ0v) is 45.3. The van der Waals surface area contributed by atoms with Crippen LogP contribution in [0.15, 0.2) is 66.7 Å². The summed E-state index contributed by atoms with van der Waals surface area (Å²) in [5.41, 5.74) is 9.50. The summed E-state index contributed by atoms with van der Waals surface area (Å²) in [7, 11) is 7.15. The third-order valence-electron chi connectivity index (χ3n) is 13.7. The molecule has 0 saturated carbocycles. The van der Waals surface area contributed by atoms with Gasteiger partial charge in [-0.15, -0.1) is 0 Å². The van der Waals surface area contributed by atoms with Crippen LogP contribution in [-0.4, -0.2) is 124 Å². The van der Waals surface area contributed by atoms with Crippen LogP contribution in [-0.2, 0) is 56.1 Å². The van der Waals surface area contributed by atoms with Crippen LogP contribution in [0.2, 0.25) is 0 Å². The Morgan fingerprint density at radius 3 is 1.95 bits per heavy atom. The summed E-state index contributed by atoms with van der Waals surface area (Å²) in [5, 5.41) is 10.3. The summed E-state index contributed by atoms with van der Waals surface area (Å²) >= 11 is 0. The van der Waals surface area contributed by atoms with Gasteiger partial charge in [0.05, 0.1) is 41.1 Å². The highest BCUT2D eigenvalue weighted by Gasteiger charge is 2.34. The van der Waals surface area contributed by atoms with E-state index < -0.39 is 72.4 Å². The zero-order valence-electron chi connectivity index (χ0n) is 45.3. The third-order valence-corrected chi connectivity index (χ3v) is 13.7. The number of aryl methyl sites for hydroxylation is 1. The zero-order chi connectivity index (χ0) is 54.7. The topological polar surface area (TPSA) is 237 Å². The number of rotatable bonds is 28. The lowest BCUT2D eigenvalue weighted by molar-refractivity contribution is -0.145. The predicted molar refractivity (Wildman–Crippen MR) is 287 cm³/mol. The van der Waals surface area contributed by atoms with Crippen molar-refractivity contribution < 1.29 is 52.5 Å². The van der Waals surface area contributed by atoms with Gasteiger partial charge in [-0.3, -0.25) is 28.8 Å². The number of likely N-dealkylation sites (N-methyl/N-ethyl adjacent to an activating group) is 2. The molecule has 1 heterocycles. The van der Waals surface area contributed by atoms with E-state index >= 15 is 0 Å². The fourth-order valence-corrected chi connectivity index (χ4v) is 9.06. The number of benzene rings is 3. The van der Waals surface area contributed by atoms with E-state index in [1.54, 1.807) is 24.3 Å². The highest BCUT2D eigenvalue weighted by Crippen LogP contribution is 2.40. The molecule has 4 bridgehead atoms. The van der Waals surface area contributed by atoms with Crippen LogP contribution in [0.5, 0.6) is 11.5 Å². The molecule has 3 aromatic rings. The van der Waals surface area contributed by atoms with Crippen LogP contribution in [0.4, 0.5) is 0 Å². The molecule has 6 N–H and O–H groups in total. The molecule has 0 fully saturated rings. The number of amides is 6. The summed E-state index contributed by atoms with van der Waals surface area (Å²) in [6, 6.07) is 15.2. The molecule has 18 heteroatoms. The van der Waals surface area contributed by atoms with Gasteiger partial charge in [0.15, 0.2) is 6.17 Å². The average molecular weight is 1040 g/mol. The van der Waals surface area contributed by atoms with E-state index in [1.807, 2.05) is 42.5 Å². The number of nitrogens with one attached hydrogen (secondary N) is 4. The number of nitrogens with zero attached hydrogens (tertiary/aromatic N) is 2. The number of methoxy groups -OCH3 is 3. The maximum absolute atomic E-state index is 14.4. The lowest BCUT2D eigenvalue weighted by atomic mass is 9.94. The molecule has 3 aromatic carbocycles. The maximum atomic E-state index is 14.4. The Morgan fingerprint density at radius 1 is 0.733 bits per heavy atom. The van der Waals surface area contributed by atoms with Crippen LogP contribution < -0.4 is 36.5 Å². The lowest BCUT2D eigenvalue weighted by Crippen LogP contribution is -2.59. The van der Waals surface area contributed by atoms with E-state index in [0.717, 1.165) is 35.3 Å². The quantitative estimate of drug-likeness (QED) is 0.0301. The lowest BCUT2D eigenvalue weighted by Gasteiger charge is -2.30. The Bertz CT molecular complexity index is 2310. The van der Waals surface area contributed by atoms with Gasteiger partial charge in [0.2, 0.25) is 29.5 Å². The number of hydrogen-bond donors (Lipinski definition) is 5. The van der Waals surface area contributed by atoms with Gasteiger partial charge in [-0.2, -0.15) is 0 Å². The van der Waals surface area contributed by atoms with Crippen molar-refractivity contribution in [1.29, 1.82) is 0 Å².